The van der Waals surface area contributed by atoms with Crippen molar-refractivity contribution in [2.24, 2.45) is 0 Å². The smallest absolute Gasteiger partial charge is 0.341 e. The van der Waals surface area contributed by atoms with Gasteiger partial charge in [0.2, 0.25) is 0 Å². The van der Waals surface area contributed by atoms with Crippen LogP contribution in [0, 0.1) is 0 Å². The number of carbonyl (C=O) groups is 2. The molecule has 0 radical (unpaired) electrons. The number of carbonyl (C=O) groups excluding carboxylic acids is 1. The highest BCUT2D eigenvalue weighted by molar-refractivity contribution is 8.27. The second-order valence-electron chi connectivity index (χ2n) is 6.75. The number of carboxylic acids is 1. The lowest BCUT2D eigenvalue weighted by Gasteiger charge is -2.17. The lowest BCUT2D eigenvalue weighted by molar-refractivity contribution is -0.139. The van der Waals surface area contributed by atoms with Gasteiger partial charge in [0.25, 0.3) is 5.91 Å². The molecule has 1 saturated heterocycles. The van der Waals surface area contributed by atoms with Gasteiger partial charge in [-0.15, -0.1) is 0 Å². The van der Waals surface area contributed by atoms with Crippen LogP contribution in [0.25, 0.3) is 6.08 Å². The number of hydrogen-bond acceptors (Lipinski definition) is 7. The lowest BCUT2D eigenvalue weighted by atomic mass is 10.1. The first kappa shape index (κ1) is 22.6. The molecule has 0 aliphatic carbocycles. The molecule has 3 rings (SSSR count). The van der Waals surface area contributed by atoms with Gasteiger partial charge in [-0.3, -0.25) is 9.69 Å². The molecule has 31 heavy (non-hydrogen) atoms. The molecular formula is C22H22N2O5S2. The second-order valence-corrected chi connectivity index (χ2v) is 8.43. The molecule has 7 nitrogen and oxygen atoms in total. The lowest BCUT2D eigenvalue weighted by Crippen LogP contribution is -2.27. The average molecular weight is 459 g/mol. The number of rotatable bonds is 8. The van der Waals surface area contributed by atoms with Gasteiger partial charge in [-0.05, 0) is 55.0 Å². The van der Waals surface area contributed by atoms with E-state index in [-0.39, 0.29) is 5.91 Å². The average Bonchev–Trinajstić information content (AvgIpc) is 3.00. The molecule has 1 aliphatic rings. The van der Waals surface area contributed by atoms with Crippen molar-refractivity contribution >= 4 is 57.6 Å². The van der Waals surface area contributed by atoms with Gasteiger partial charge in [0.15, 0.2) is 22.4 Å². The van der Waals surface area contributed by atoms with E-state index in [1.165, 1.54) is 16.7 Å². The summed E-state index contributed by atoms with van der Waals surface area (Å²) in [4.78, 5) is 27.8. The maximum Gasteiger partial charge on any atom is 0.341 e. The Kier molecular flexibility index (Phi) is 7.19. The molecule has 1 heterocycles. The van der Waals surface area contributed by atoms with Crippen molar-refractivity contribution in [3.63, 3.8) is 0 Å². The van der Waals surface area contributed by atoms with Crippen LogP contribution in [0.2, 0.25) is 0 Å². The number of hydrogen-bond donors (Lipinski definition) is 1. The largest absolute Gasteiger partial charge is 0.490 e. The number of carboxylic acid groups (broad SMARTS) is 1. The van der Waals surface area contributed by atoms with Crippen LogP contribution in [-0.4, -0.2) is 48.6 Å². The fourth-order valence-electron chi connectivity index (χ4n) is 2.88. The summed E-state index contributed by atoms with van der Waals surface area (Å²) in [5, 5.41) is 8.82. The van der Waals surface area contributed by atoms with Gasteiger partial charge in [0, 0.05) is 19.8 Å². The molecule has 9 heteroatoms. The molecule has 0 saturated carbocycles. The van der Waals surface area contributed by atoms with E-state index in [4.69, 9.17) is 26.8 Å². The summed E-state index contributed by atoms with van der Waals surface area (Å²) in [6.45, 7) is 1.74. The number of nitrogens with zero attached hydrogens (tertiary/aromatic N) is 2. The van der Waals surface area contributed by atoms with Crippen molar-refractivity contribution in [1.82, 2.24) is 0 Å². The normalized spacial score (nSPS) is 14.8. The summed E-state index contributed by atoms with van der Waals surface area (Å²) in [5.74, 6) is -0.534. The van der Waals surface area contributed by atoms with E-state index < -0.39 is 12.6 Å². The summed E-state index contributed by atoms with van der Waals surface area (Å²) >= 11 is 6.67. The van der Waals surface area contributed by atoms with Crippen LogP contribution in [0.5, 0.6) is 11.5 Å². The monoisotopic (exact) mass is 458 g/mol. The van der Waals surface area contributed by atoms with E-state index in [2.05, 4.69) is 0 Å². The molecule has 0 atom stereocenters. The predicted molar refractivity (Wildman–Crippen MR) is 127 cm³/mol. The number of anilines is 2. The van der Waals surface area contributed by atoms with Gasteiger partial charge >= 0.3 is 5.97 Å². The molecule has 1 N–H and O–H groups in total. The standard InChI is InChI=1S/C22H22N2O5S2/c1-4-28-18-11-14(5-10-17(18)29-13-20(25)26)12-19-21(27)24(22(30)31-19)16-8-6-15(7-9-16)23(2)3/h5-12H,4,13H2,1-3H3,(H,25,26)/b19-12+. The maximum absolute atomic E-state index is 13.0. The molecule has 162 valence electrons. The molecule has 0 bridgehead atoms. The SMILES string of the molecule is CCOc1cc(/C=C2/SC(=S)N(c3ccc(N(C)C)cc3)C2=O)ccc1OCC(=O)O. The van der Waals surface area contributed by atoms with Gasteiger partial charge in [-0.1, -0.05) is 30.0 Å². The molecule has 1 fully saturated rings. The van der Waals surface area contributed by atoms with Crippen LogP contribution in [0.1, 0.15) is 12.5 Å². The highest BCUT2D eigenvalue weighted by atomic mass is 32.2. The Morgan fingerprint density at radius 2 is 1.87 bits per heavy atom. The Balaban J connectivity index is 1.84. The molecule has 1 aliphatic heterocycles. The number of benzene rings is 2. The number of thioether (sulfide) groups is 1. The molecular weight excluding hydrogens is 436 g/mol. The number of amides is 1. The molecule has 2 aromatic carbocycles. The van der Waals surface area contributed by atoms with Crippen LogP contribution >= 0.6 is 24.0 Å². The van der Waals surface area contributed by atoms with Gasteiger partial charge in [-0.2, -0.15) is 0 Å². The summed E-state index contributed by atoms with van der Waals surface area (Å²) in [6, 6.07) is 12.7. The molecule has 0 aromatic heterocycles. The van der Waals surface area contributed by atoms with Gasteiger partial charge in [-0.25, -0.2) is 4.79 Å². The first-order valence-electron chi connectivity index (χ1n) is 9.47. The minimum absolute atomic E-state index is 0.197. The summed E-state index contributed by atoms with van der Waals surface area (Å²) < 4.78 is 11.3. The number of thiocarbonyl (C=S) groups is 1. The van der Waals surface area contributed by atoms with Crippen molar-refractivity contribution in [2.45, 2.75) is 6.92 Å². The maximum atomic E-state index is 13.0. The highest BCUT2D eigenvalue weighted by Crippen LogP contribution is 2.37. The molecule has 0 unspecified atom stereocenters. The first-order valence-corrected chi connectivity index (χ1v) is 10.7. The topological polar surface area (TPSA) is 79.3 Å². The van der Waals surface area contributed by atoms with E-state index in [0.717, 1.165) is 11.3 Å². The first-order chi connectivity index (χ1) is 14.8. The Labute approximate surface area is 190 Å². The van der Waals surface area contributed by atoms with E-state index in [1.807, 2.05) is 50.2 Å². The van der Waals surface area contributed by atoms with Crippen molar-refractivity contribution < 1.29 is 24.2 Å². The summed E-state index contributed by atoms with van der Waals surface area (Å²) in [5.41, 5.74) is 2.46. The van der Waals surface area contributed by atoms with Crippen LogP contribution in [0.15, 0.2) is 47.4 Å². The zero-order chi connectivity index (χ0) is 22.5. The van der Waals surface area contributed by atoms with Crippen LogP contribution in [-0.2, 0) is 9.59 Å². The Morgan fingerprint density at radius 3 is 2.48 bits per heavy atom. The van der Waals surface area contributed by atoms with Crippen molar-refractivity contribution in [1.29, 1.82) is 0 Å². The third-order valence-electron chi connectivity index (χ3n) is 4.33. The van der Waals surface area contributed by atoms with E-state index in [0.29, 0.717) is 33.0 Å². The fraction of sp³-hybridized carbons (Fsp3) is 0.227. The molecule has 1 amide bonds. The zero-order valence-electron chi connectivity index (χ0n) is 17.3. The van der Waals surface area contributed by atoms with Crippen LogP contribution in [0.4, 0.5) is 11.4 Å². The zero-order valence-corrected chi connectivity index (χ0v) is 19.0. The van der Waals surface area contributed by atoms with E-state index in [9.17, 15) is 9.59 Å². The Bertz CT molecular complexity index is 1030. The second kappa shape index (κ2) is 9.84. The number of aliphatic carboxylic acids is 1. The van der Waals surface area contributed by atoms with E-state index in [1.54, 1.807) is 24.3 Å². The van der Waals surface area contributed by atoms with Gasteiger partial charge < -0.3 is 19.5 Å². The third-order valence-corrected chi connectivity index (χ3v) is 5.64. The number of ether oxygens (including phenoxy) is 2. The minimum Gasteiger partial charge on any atom is -0.490 e. The molecule has 2 aromatic rings. The van der Waals surface area contributed by atoms with Crippen molar-refractivity contribution in [3.05, 3.63) is 52.9 Å². The van der Waals surface area contributed by atoms with Gasteiger partial charge in [0.05, 0.1) is 17.2 Å². The Hall–Kier alpha value is -3.04. The summed E-state index contributed by atoms with van der Waals surface area (Å²) in [7, 11) is 3.90. The molecule has 0 spiro atoms. The minimum atomic E-state index is -1.08. The highest BCUT2D eigenvalue weighted by Gasteiger charge is 2.33. The fourth-order valence-corrected chi connectivity index (χ4v) is 4.18. The summed E-state index contributed by atoms with van der Waals surface area (Å²) in [6.07, 6.45) is 1.73. The predicted octanol–water partition coefficient (Wildman–Crippen LogP) is 4.02. The van der Waals surface area contributed by atoms with Crippen molar-refractivity contribution in [3.8, 4) is 11.5 Å². The van der Waals surface area contributed by atoms with Gasteiger partial charge in [0.1, 0.15) is 0 Å². The van der Waals surface area contributed by atoms with Crippen molar-refractivity contribution in [2.75, 3.05) is 37.1 Å². The third kappa shape index (κ3) is 5.36. The Morgan fingerprint density at radius 1 is 1.16 bits per heavy atom. The quantitative estimate of drug-likeness (QED) is 0.469. The van der Waals surface area contributed by atoms with Crippen LogP contribution < -0.4 is 19.3 Å². The van der Waals surface area contributed by atoms with Crippen LogP contribution in [0.3, 0.4) is 0 Å². The van der Waals surface area contributed by atoms with E-state index >= 15 is 0 Å².